The topological polar surface area (TPSA) is 86.8 Å². The largest absolute Gasteiger partial charge is 0.357 e. The Kier molecular flexibility index (Phi) is 8.27. The number of hydrogen-bond acceptors (Lipinski definition) is 4. The van der Waals surface area contributed by atoms with Crippen LogP contribution in [0.5, 0.6) is 0 Å². The van der Waals surface area contributed by atoms with Crippen LogP contribution in [0.3, 0.4) is 0 Å². The molecule has 0 bridgehead atoms. The van der Waals surface area contributed by atoms with Crippen molar-refractivity contribution in [2.45, 2.75) is 19.5 Å². The summed E-state index contributed by atoms with van der Waals surface area (Å²) in [5.41, 5.74) is 0.727. The van der Waals surface area contributed by atoms with Crippen LogP contribution in [0, 0.1) is 5.82 Å². The lowest BCUT2D eigenvalue weighted by atomic mass is 10.1. The summed E-state index contributed by atoms with van der Waals surface area (Å²) in [5, 5.41) is 3.09. The van der Waals surface area contributed by atoms with Crippen molar-refractivity contribution in [3.8, 4) is 0 Å². The number of carbonyl (C=O) groups is 2. The Morgan fingerprint density at radius 2 is 1.71 bits per heavy atom. The van der Waals surface area contributed by atoms with Crippen LogP contribution in [0.4, 0.5) is 10.1 Å². The molecule has 0 aromatic heterocycles. The molecular formula is C20H22Cl2FN3O4S. The number of nitrogens with one attached hydrogen (secondary N) is 1. The second kappa shape index (κ2) is 10.3. The first-order chi connectivity index (χ1) is 14.4. The standard InChI is InChI=1S/C20H22Cl2FN3O4S/c1-13(20(28)24-2)25(11-14-4-9-17(21)18(22)10-14)19(27)12-26(31(3,29)30)16-7-5-15(23)6-8-16/h4-10,13H,11-12H2,1-3H3,(H,24,28)/t13-/m1/s1. The fourth-order valence-electron chi connectivity index (χ4n) is 2.85. The van der Waals surface area contributed by atoms with E-state index < -0.39 is 40.2 Å². The van der Waals surface area contributed by atoms with Crippen LogP contribution in [0.1, 0.15) is 12.5 Å². The molecule has 31 heavy (non-hydrogen) atoms. The van der Waals surface area contributed by atoms with Gasteiger partial charge in [-0.3, -0.25) is 13.9 Å². The highest BCUT2D eigenvalue weighted by Crippen LogP contribution is 2.24. The molecule has 0 saturated heterocycles. The fourth-order valence-corrected chi connectivity index (χ4v) is 4.02. The molecule has 0 fully saturated rings. The van der Waals surface area contributed by atoms with Gasteiger partial charge in [0.25, 0.3) is 0 Å². The average Bonchev–Trinajstić information content (AvgIpc) is 2.71. The lowest BCUT2D eigenvalue weighted by Gasteiger charge is -2.31. The molecule has 0 heterocycles. The molecule has 1 N–H and O–H groups in total. The molecule has 0 aliphatic rings. The minimum Gasteiger partial charge on any atom is -0.357 e. The van der Waals surface area contributed by atoms with Gasteiger partial charge in [-0.1, -0.05) is 29.3 Å². The van der Waals surface area contributed by atoms with E-state index in [4.69, 9.17) is 23.2 Å². The first-order valence-corrected chi connectivity index (χ1v) is 11.7. The quantitative estimate of drug-likeness (QED) is 0.617. The van der Waals surface area contributed by atoms with Crippen LogP contribution in [-0.2, 0) is 26.2 Å². The van der Waals surface area contributed by atoms with E-state index >= 15 is 0 Å². The molecule has 2 aromatic carbocycles. The Hall–Kier alpha value is -2.36. The van der Waals surface area contributed by atoms with Gasteiger partial charge in [0.2, 0.25) is 21.8 Å². The summed E-state index contributed by atoms with van der Waals surface area (Å²) in [6.45, 7) is 0.940. The first-order valence-electron chi connectivity index (χ1n) is 9.12. The third-order valence-electron chi connectivity index (χ3n) is 4.54. The Bertz CT molecular complexity index is 1060. The molecule has 2 aromatic rings. The van der Waals surface area contributed by atoms with Crippen molar-refractivity contribution >= 4 is 50.7 Å². The van der Waals surface area contributed by atoms with Gasteiger partial charge in [-0.05, 0) is 48.9 Å². The van der Waals surface area contributed by atoms with Crippen molar-refractivity contribution in [3.05, 3.63) is 63.9 Å². The van der Waals surface area contributed by atoms with E-state index in [0.717, 1.165) is 22.7 Å². The molecule has 7 nitrogen and oxygen atoms in total. The van der Waals surface area contributed by atoms with Crippen LogP contribution in [-0.4, -0.2) is 51.0 Å². The van der Waals surface area contributed by atoms with Gasteiger partial charge in [0.15, 0.2) is 0 Å². The minimum atomic E-state index is -3.87. The maximum Gasteiger partial charge on any atom is 0.244 e. The van der Waals surface area contributed by atoms with E-state index in [1.165, 1.54) is 31.0 Å². The molecule has 2 amide bonds. The van der Waals surface area contributed by atoms with E-state index in [9.17, 15) is 22.4 Å². The molecule has 0 saturated carbocycles. The molecule has 0 unspecified atom stereocenters. The van der Waals surface area contributed by atoms with Gasteiger partial charge in [-0.2, -0.15) is 0 Å². The summed E-state index contributed by atoms with van der Waals surface area (Å²) in [5.74, 6) is -1.60. The van der Waals surface area contributed by atoms with E-state index in [0.29, 0.717) is 10.6 Å². The molecular weight excluding hydrogens is 468 g/mol. The highest BCUT2D eigenvalue weighted by atomic mass is 35.5. The summed E-state index contributed by atoms with van der Waals surface area (Å²) in [6, 6.07) is 8.59. The Morgan fingerprint density at radius 1 is 1.10 bits per heavy atom. The number of anilines is 1. The number of likely N-dealkylation sites (N-methyl/N-ethyl adjacent to an activating group) is 1. The Morgan fingerprint density at radius 3 is 2.23 bits per heavy atom. The van der Waals surface area contributed by atoms with E-state index in [1.54, 1.807) is 18.2 Å². The number of halogens is 3. The smallest absolute Gasteiger partial charge is 0.244 e. The molecule has 0 aliphatic carbocycles. The van der Waals surface area contributed by atoms with E-state index in [-0.39, 0.29) is 17.3 Å². The fraction of sp³-hybridized carbons (Fsp3) is 0.300. The van der Waals surface area contributed by atoms with Gasteiger partial charge in [-0.25, -0.2) is 12.8 Å². The zero-order valence-electron chi connectivity index (χ0n) is 17.1. The average molecular weight is 490 g/mol. The molecule has 168 valence electrons. The number of benzene rings is 2. The van der Waals surface area contributed by atoms with Crippen LogP contribution >= 0.6 is 23.2 Å². The van der Waals surface area contributed by atoms with Gasteiger partial charge in [0.05, 0.1) is 22.0 Å². The summed E-state index contributed by atoms with van der Waals surface area (Å²) < 4.78 is 38.8. The lowest BCUT2D eigenvalue weighted by Crippen LogP contribution is -2.50. The van der Waals surface area contributed by atoms with Crippen molar-refractivity contribution in [2.24, 2.45) is 0 Å². The predicted octanol–water partition coefficient (Wildman–Crippen LogP) is 3.06. The SMILES string of the molecule is CNC(=O)[C@@H](C)N(Cc1ccc(Cl)c(Cl)c1)C(=O)CN(c1ccc(F)cc1)S(C)(=O)=O. The van der Waals surface area contributed by atoms with Gasteiger partial charge in [-0.15, -0.1) is 0 Å². The molecule has 0 spiro atoms. The number of sulfonamides is 1. The van der Waals surface area contributed by atoms with E-state index in [2.05, 4.69) is 5.32 Å². The third kappa shape index (κ3) is 6.56. The van der Waals surface area contributed by atoms with Crippen LogP contribution in [0.2, 0.25) is 10.0 Å². The van der Waals surface area contributed by atoms with Gasteiger partial charge in [0, 0.05) is 13.6 Å². The number of amides is 2. The zero-order valence-corrected chi connectivity index (χ0v) is 19.4. The summed E-state index contributed by atoms with van der Waals surface area (Å²) in [4.78, 5) is 26.6. The van der Waals surface area contributed by atoms with Gasteiger partial charge >= 0.3 is 0 Å². The molecule has 0 radical (unpaired) electrons. The maximum atomic E-state index is 13.3. The predicted molar refractivity (Wildman–Crippen MR) is 119 cm³/mol. The Labute approximate surface area is 190 Å². The summed E-state index contributed by atoms with van der Waals surface area (Å²) in [7, 11) is -2.44. The second-order valence-electron chi connectivity index (χ2n) is 6.81. The second-order valence-corrected chi connectivity index (χ2v) is 9.53. The minimum absolute atomic E-state index is 0.00860. The number of rotatable bonds is 8. The van der Waals surface area contributed by atoms with Crippen molar-refractivity contribution in [2.75, 3.05) is 24.2 Å². The Balaban J connectivity index is 2.38. The van der Waals surface area contributed by atoms with Gasteiger partial charge < -0.3 is 10.2 Å². The first kappa shape index (κ1) is 24.9. The lowest BCUT2D eigenvalue weighted by molar-refractivity contribution is -0.139. The van der Waals surface area contributed by atoms with Crippen molar-refractivity contribution in [1.82, 2.24) is 10.2 Å². The number of nitrogens with zero attached hydrogens (tertiary/aromatic N) is 2. The molecule has 11 heteroatoms. The summed E-state index contributed by atoms with van der Waals surface area (Å²) >= 11 is 12.0. The van der Waals surface area contributed by atoms with Crippen molar-refractivity contribution in [3.63, 3.8) is 0 Å². The zero-order chi connectivity index (χ0) is 23.3. The van der Waals surface area contributed by atoms with Gasteiger partial charge in [0.1, 0.15) is 18.4 Å². The number of carbonyl (C=O) groups excluding carboxylic acids is 2. The van der Waals surface area contributed by atoms with Crippen LogP contribution < -0.4 is 9.62 Å². The van der Waals surface area contributed by atoms with Crippen molar-refractivity contribution < 1.29 is 22.4 Å². The summed E-state index contributed by atoms with van der Waals surface area (Å²) in [6.07, 6.45) is 0.940. The molecule has 2 rings (SSSR count). The normalized spacial score (nSPS) is 12.2. The van der Waals surface area contributed by atoms with Crippen molar-refractivity contribution in [1.29, 1.82) is 0 Å². The maximum absolute atomic E-state index is 13.3. The monoisotopic (exact) mass is 489 g/mol. The highest BCUT2D eigenvalue weighted by Gasteiger charge is 2.29. The molecule has 0 aliphatic heterocycles. The highest BCUT2D eigenvalue weighted by molar-refractivity contribution is 7.92. The molecule has 1 atom stereocenters. The third-order valence-corrected chi connectivity index (χ3v) is 6.42. The van der Waals surface area contributed by atoms with Crippen LogP contribution in [0.15, 0.2) is 42.5 Å². The van der Waals surface area contributed by atoms with Crippen LogP contribution in [0.25, 0.3) is 0 Å². The van der Waals surface area contributed by atoms with E-state index in [1.807, 2.05) is 0 Å². The number of hydrogen-bond donors (Lipinski definition) is 1.